The number of hydrogen-bond acceptors (Lipinski definition) is 2. The number of allylic oxidation sites excluding steroid dienone is 2. The number of benzene rings is 2. The van der Waals surface area contributed by atoms with Gasteiger partial charge < -0.3 is 10.1 Å². The van der Waals surface area contributed by atoms with Crippen molar-refractivity contribution in [3.8, 4) is 16.9 Å². The highest BCUT2D eigenvalue weighted by atomic mass is 16.5. The quantitative estimate of drug-likeness (QED) is 0.786. The molecule has 1 N–H and O–H groups in total. The maximum Gasteiger partial charge on any atom is 0.141 e. The van der Waals surface area contributed by atoms with Crippen LogP contribution in [0.15, 0.2) is 60.7 Å². The molecule has 2 heteroatoms. The summed E-state index contributed by atoms with van der Waals surface area (Å²) in [5.41, 5.74) is 3.56. The molecular weight excluding hydrogens is 282 g/mol. The standard InChI is InChI=1S/C21H23NO/c1-23-21-10-9-18(16-5-3-2-4-6-16)13-20(21)22-14-19-12-15-7-8-17(19)11-15/h2-10,13,15,17,19,22H,11-12,14H2,1H3/t15-,17-,19+/m0/s1. The average molecular weight is 305 g/mol. The molecule has 0 amide bonds. The molecule has 2 aromatic rings. The van der Waals surface area contributed by atoms with Crippen LogP contribution in [0.25, 0.3) is 11.1 Å². The van der Waals surface area contributed by atoms with Gasteiger partial charge in [-0.2, -0.15) is 0 Å². The molecule has 0 aromatic heterocycles. The summed E-state index contributed by atoms with van der Waals surface area (Å²) < 4.78 is 5.54. The minimum atomic E-state index is 0.759. The molecule has 23 heavy (non-hydrogen) atoms. The second kappa shape index (κ2) is 6.11. The van der Waals surface area contributed by atoms with Crippen LogP contribution < -0.4 is 10.1 Å². The summed E-state index contributed by atoms with van der Waals surface area (Å²) in [5, 5.41) is 3.64. The van der Waals surface area contributed by atoms with Crippen LogP contribution in [0, 0.1) is 17.8 Å². The molecular formula is C21H23NO. The van der Waals surface area contributed by atoms with Crippen molar-refractivity contribution in [3.05, 3.63) is 60.7 Å². The summed E-state index contributed by atoms with van der Waals surface area (Å²) in [4.78, 5) is 0. The zero-order valence-electron chi connectivity index (χ0n) is 13.5. The van der Waals surface area contributed by atoms with Gasteiger partial charge in [-0.05, 0) is 53.9 Å². The van der Waals surface area contributed by atoms with E-state index < -0.39 is 0 Å². The third-order valence-electron chi connectivity index (χ3n) is 5.28. The highest BCUT2D eigenvalue weighted by Gasteiger charge is 2.35. The minimum Gasteiger partial charge on any atom is -0.495 e. The van der Waals surface area contributed by atoms with Crippen LogP contribution in [0.1, 0.15) is 12.8 Å². The average Bonchev–Trinajstić information content (AvgIpc) is 3.23. The lowest BCUT2D eigenvalue weighted by molar-refractivity contribution is 0.415. The third kappa shape index (κ3) is 2.86. The van der Waals surface area contributed by atoms with Crippen molar-refractivity contribution in [1.29, 1.82) is 0 Å². The van der Waals surface area contributed by atoms with E-state index in [1.807, 2.05) is 0 Å². The number of anilines is 1. The number of methoxy groups -OCH3 is 1. The summed E-state index contributed by atoms with van der Waals surface area (Å²) in [7, 11) is 1.74. The molecule has 0 saturated heterocycles. The fourth-order valence-corrected chi connectivity index (χ4v) is 4.03. The van der Waals surface area contributed by atoms with Gasteiger partial charge in [0.05, 0.1) is 12.8 Å². The summed E-state index contributed by atoms with van der Waals surface area (Å²) in [6.07, 6.45) is 7.50. The first-order chi connectivity index (χ1) is 11.3. The van der Waals surface area contributed by atoms with Gasteiger partial charge in [-0.25, -0.2) is 0 Å². The Morgan fingerprint density at radius 2 is 1.87 bits per heavy atom. The van der Waals surface area contributed by atoms with E-state index >= 15 is 0 Å². The van der Waals surface area contributed by atoms with Crippen molar-refractivity contribution in [2.45, 2.75) is 12.8 Å². The zero-order valence-corrected chi connectivity index (χ0v) is 13.5. The number of ether oxygens (including phenoxy) is 1. The van der Waals surface area contributed by atoms with Crippen molar-refractivity contribution in [2.24, 2.45) is 17.8 Å². The summed E-state index contributed by atoms with van der Waals surface area (Å²) in [6, 6.07) is 16.9. The SMILES string of the molecule is COc1ccc(-c2ccccc2)cc1NC[C@H]1C[C@H]2C=C[C@H]1C2. The first kappa shape index (κ1) is 14.4. The maximum atomic E-state index is 5.54. The normalized spacial score (nSPS) is 24.8. The summed E-state index contributed by atoms with van der Waals surface area (Å²) >= 11 is 0. The Labute approximate surface area is 138 Å². The van der Waals surface area contributed by atoms with E-state index in [0.717, 1.165) is 35.7 Å². The van der Waals surface area contributed by atoms with Gasteiger partial charge in [0.25, 0.3) is 0 Å². The van der Waals surface area contributed by atoms with Crippen LogP contribution >= 0.6 is 0 Å². The molecule has 2 aromatic carbocycles. The highest BCUT2D eigenvalue weighted by molar-refractivity contribution is 5.72. The first-order valence-corrected chi connectivity index (χ1v) is 8.49. The molecule has 0 aliphatic heterocycles. The summed E-state index contributed by atoms with van der Waals surface area (Å²) in [5.74, 6) is 3.28. The van der Waals surface area contributed by atoms with E-state index in [4.69, 9.17) is 4.74 Å². The fraction of sp³-hybridized carbons (Fsp3) is 0.333. The fourth-order valence-electron chi connectivity index (χ4n) is 4.03. The van der Waals surface area contributed by atoms with E-state index in [9.17, 15) is 0 Å². The topological polar surface area (TPSA) is 21.3 Å². The number of hydrogen-bond donors (Lipinski definition) is 1. The molecule has 118 valence electrons. The molecule has 0 unspecified atom stereocenters. The number of rotatable bonds is 5. The first-order valence-electron chi connectivity index (χ1n) is 8.49. The van der Waals surface area contributed by atoms with Gasteiger partial charge in [-0.3, -0.25) is 0 Å². The lowest BCUT2D eigenvalue weighted by atomic mass is 9.93. The lowest BCUT2D eigenvalue weighted by Crippen LogP contribution is -2.18. The second-order valence-corrected chi connectivity index (χ2v) is 6.70. The molecule has 2 aliphatic carbocycles. The highest BCUT2D eigenvalue weighted by Crippen LogP contribution is 2.43. The van der Waals surface area contributed by atoms with E-state index in [1.54, 1.807) is 7.11 Å². The Balaban J connectivity index is 1.53. The Hall–Kier alpha value is -2.22. The predicted molar refractivity (Wildman–Crippen MR) is 95.8 cm³/mol. The molecule has 0 spiro atoms. The number of fused-ring (bicyclic) bond motifs is 2. The van der Waals surface area contributed by atoms with Crippen LogP contribution in [0.2, 0.25) is 0 Å². The van der Waals surface area contributed by atoms with Crippen molar-refractivity contribution < 1.29 is 4.74 Å². The molecule has 1 saturated carbocycles. The van der Waals surface area contributed by atoms with Gasteiger partial charge in [0.2, 0.25) is 0 Å². The van der Waals surface area contributed by atoms with Crippen LogP contribution in [0.4, 0.5) is 5.69 Å². The molecule has 2 aliphatic rings. The maximum absolute atomic E-state index is 5.54. The van der Waals surface area contributed by atoms with Crippen LogP contribution in [-0.4, -0.2) is 13.7 Å². The van der Waals surface area contributed by atoms with Crippen molar-refractivity contribution >= 4 is 5.69 Å². The predicted octanol–water partition coefficient (Wildman–Crippen LogP) is 4.99. The monoisotopic (exact) mass is 305 g/mol. The molecule has 2 bridgehead atoms. The smallest absolute Gasteiger partial charge is 0.141 e. The van der Waals surface area contributed by atoms with Gasteiger partial charge in [0.15, 0.2) is 0 Å². The summed E-state index contributed by atoms with van der Waals surface area (Å²) in [6.45, 7) is 1.03. The van der Waals surface area contributed by atoms with Crippen molar-refractivity contribution in [2.75, 3.05) is 19.0 Å². The van der Waals surface area contributed by atoms with Gasteiger partial charge in [0.1, 0.15) is 5.75 Å². The second-order valence-electron chi connectivity index (χ2n) is 6.70. The van der Waals surface area contributed by atoms with E-state index in [-0.39, 0.29) is 0 Å². The lowest BCUT2D eigenvalue weighted by Gasteiger charge is -2.20. The molecule has 0 radical (unpaired) electrons. The molecule has 4 rings (SSSR count). The van der Waals surface area contributed by atoms with Crippen molar-refractivity contribution in [3.63, 3.8) is 0 Å². The van der Waals surface area contributed by atoms with Gasteiger partial charge in [-0.15, -0.1) is 0 Å². The molecule has 3 atom stereocenters. The van der Waals surface area contributed by atoms with Gasteiger partial charge in [0, 0.05) is 6.54 Å². The molecule has 0 heterocycles. The van der Waals surface area contributed by atoms with E-state index in [0.29, 0.717) is 0 Å². The largest absolute Gasteiger partial charge is 0.495 e. The Bertz CT molecular complexity index is 707. The minimum absolute atomic E-state index is 0.759. The zero-order chi connectivity index (χ0) is 15.6. The third-order valence-corrected chi connectivity index (χ3v) is 5.28. The van der Waals surface area contributed by atoms with Crippen molar-refractivity contribution in [1.82, 2.24) is 0 Å². The Kier molecular flexibility index (Phi) is 3.82. The Morgan fingerprint density at radius 3 is 2.57 bits per heavy atom. The molecule has 1 fully saturated rings. The van der Waals surface area contributed by atoms with Crippen LogP contribution in [0.3, 0.4) is 0 Å². The van der Waals surface area contributed by atoms with Gasteiger partial charge >= 0.3 is 0 Å². The van der Waals surface area contributed by atoms with E-state index in [2.05, 4.69) is 66.0 Å². The Morgan fingerprint density at radius 1 is 1.00 bits per heavy atom. The van der Waals surface area contributed by atoms with Crippen LogP contribution in [0.5, 0.6) is 5.75 Å². The molecule has 2 nitrogen and oxygen atoms in total. The van der Waals surface area contributed by atoms with Crippen LogP contribution in [-0.2, 0) is 0 Å². The van der Waals surface area contributed by atoms with Gasteiger partial charge in [-0.1, -0.05) is 48.6 Å². The number of nitrogens with one attached hydrogen (secondary N) is 1. The van der Waals surface area contributed by atoms with E-state index in [1.165, 1.54) is 24.0 Å².